The fraction of sp³-hybridized carbons (Fsp3) is 0.765. The van der Waals surface area contributed by atoms with Crippen LogP contribution in [0.4, 0.5) is 13.2 Å². The number of carbonyl (C=O) groups excluding carboxylic acids is 1. The lowest BCUT2D eigenvalue weighted by atomic mass is 9.87. The molecule has 1 aromatic rings. The first-order valence-corrected chi connectivity index (χ1v) is 8.90. The zero-order chi connectivity index (χ0) is 18.1. The average Bonchev–Trinajstić information content (AvgIpc) is 3.24. The van der Waals surface area contributed by atoms with Crippen molar-refractivity contribution in [2.24, 2.45) is 0 Å². The highest BCUT2D eigenvalue weighted by Crippen LogP contribution is 2.32. The first kappa shape index (κ1) is 18.2. The van der Waals surface area contributed by atoms with Gasteiger partial charge in [-0.05, 0) is 45.7 Å². The van der Waals surface area contributed by atoms with Crippen molar-refractivity contribution in [3.8, 4) is 0 Å². The summed E-state index contributed by atoms with van der Waals surface area (Å²) in [6.45, 7) is 5.64. The van der Waals surface area contributed by atoms with Crippen LogP contribution in [-0.2, 0) is 6.54 Å². The van der Waals surface area contributed by atoms with E-state index in [1.807, 2.05) is 0 Å². The van der Waals surface area contributed by atoms with E-state index in [1.54, 1.807) is 4.90 Å². The van der Waals surface area contributed by atoms with Crippen LogP contribution in [0.25, 0.3) is 0 Å². The number of rotatable bonds is 4. The summed E-state index contributed by atoms with van der Waals surface area (Å²) in [6, 6.07) is 0. The molecule has 0 spiro atoms. The number of aromatic nitrogens is 2. The molecule has 0 N–H and O–H groups in total. The lowest BCUT2D eigenvalue weighted by molar-refractivity contribution is -0.137. The van der Waals surface area contributed by atoms with Crippen LogP contribution in [0.1, 0.15) is 49.4 Å². The minimum atomic E-state index is -4.22. The largest absolute Gasteiger partial charge is 0.390 e. The van der Waals surface area contributed by atoms with E-state index in [1.165, 1.54) is 29.9 Å². The number of halogens is 3. The second kappa shape index (κ2) is 6.97. The Hall–Kier alpha value is -1.57. The molecule has 5 nitrogen and oxygen atoms in total. The molecule has 2 fully saturated rings. The number of alkyl halides is 3. The van der Waals surface area contributed by atoms with Gasteiger partial charge in [0.2, 0.25) is 0 Å². The molecule has 0 unspecified atom stereocenters. The van der Waals surface area contributed by atoms with Gasteiger partial charge in [-0.3, -0.25) is 14.4 Å². The lowest BCUT2D eigenvalue weighted by Crippen LogP contribution is -2.53. The average molecular weight is 358 g/mol. The molecule has 8 heteroatoms. The van der Waals surface area contributed by atoms with Gasteiger partial charge >= 0.3 is 6.18 Å². The number of hydrogen-bond acceptors (Lipinski definition) is 3. The zero-order valence-electron chi connectivity index (χ0n) is 14.6. The van der Waals surface area contributed by atoms with E-state index >= 15 is 0 Å². The second-order valence-corrected chi connectivity index (χ2v) is 7.34. The fourth-order valence-corrected chi connectivity index (χ4v) is 3.78. The van der Waals surface area contributed by atoms with Crippen LogP contribution in [-0.4, -0.2) is 63.4 Å². The topological polar surface area (TPSA) is 41.4 Å². The third kappa shape index (κ3) is 4.34. The Morgan fingerprint density at radius 3 is 2.44 bits per heavy atom. The molecule has 0 atom stereocenters. The molecule has 25 heavy (non-hydrogen) atoms. The Morgan fingerprint density at radius 1 is 1.20 bits per heavy atom. The van der Waals surface area contributed by atoms with Crippen LogP contribution in [0.15, 0.2) is 12.4 Å². The quantitative estimate of drug-likeness (QED) is 0.831. The highest BCUT2D eigenvalue weighted by molar-refractivity contribution is 5.93. The van der Waals surface area contributed by atoms with E-state index in [0.717, 1.165) is 25.9 Å². The summed E-state index contributed by atoms with van der Waals surface area (Å²) in [7, 11) is 0. The van der Waals surface area contributed by atoms with Crippen LogP contribution in [0.5, 0.6) is 0 Å². The summed E-state index contributed by atoms with van der Waals surface area (Å²) in [5.74, 6) is -0.137. The first-order valence-electron chi connectivity index (χ1n) is 8.90. The molecule has 1 aromatic heterocycles. The van der Waals surface area contributed by atoms with Gasteiger partial charge in [-0.1, -0.05) is 0 Å². The zero-order valence-corrected chi connectivity index (χ0v) is 14.6. The van der Waals surface area contributed by atoms with Crippen molar-refractivity contribution >= 4 is 5.91 Å². The molecule has 0 radical (unpaired) electrons. The van der Waals surface area contributed by atoms with Crippen molar-refractivity contribution in [1.29, 1.82) is 0 Å². The number of nitrogens with zero attached hydrogens (tertiary/aromatic N) is 4. The summed E-state index contributed by atoms with van der Waals surface area (Å²) < 4.78 is 38.0. The van der Waals surface area contributed by atoms with E-state index in [-0.39, 0.29) is 18.0 Å². The van der Waals surface area contributed by atoms with Gasteiger partial charge in [0.25, 0.3) is 5.91 Å². The molecule has 0 saturated carbocycles. The van der Waals surface area contributed by atoms with Crippen LogP contribution in [0.2, 0.25) is 0 Å². The smallest absolute Gasteiger partial charge is 0.338 e. The van der Waals surface area contributed by atoms with Crippen molar-refractivity contribution in [2.75, 3.05) is 26.2 Å². The molecule has 2 aliphatic heterocycles. The first-order chi connectivity index (χ1) is 11.8. The molecule has 0 aromatic carbocycles. The van der Waals surface area contributed by atoms with E-state index in [0.29, 0.717) is 18.7 Å². The molecular formula is C17H25F3N4O. The number of piperidine rings is 1. The molecule has 2 saturated heterocycles. The molecule has 3 rings (SSSR count). The fourth-order valence-electron chi connectivity index (χ4n) is 3.78. The van der Waals surface area contributed by atoms with Crippen molar-refractivity contribution < 1.29 is 18.0 Å². The van der Waals surface area contributed by atoms with E-state index in [9.17, 15) is 18.0 Å². The summed E-state index contributed by atoms with van der Waals surface area (Å²) in [5, 5.41) is 3.89. The summed E-state index contributed by atoms with van der Waals surface area (Å²) in [5.41, 5.74) is 0.524. The van der Waals surface area contributed by atoms with Gasteiger partial charge in [-0.25, -0.2) is 0 Å². The molecule has 0 bridgehead atoms. The Balaban J connectivity index is 1.55. The number of amides is 1. The Kier molecular flexibility index (Phi) is 5.09. The molecule has 140 valence electrons. The maximum Gasteiger partial charge on any atom is 0.390 e. The van der Waals surface area contributed by atoms with Crippen molar-refractivity contribution in [2.45, 2.75) is 57.3 Å². The Bertz CT molecular complexity index is 599. The predicted octanol–water partition coefficient (Wildman–Crippen LogP) is 2.93. The van der Waals surface area contributed by atoms with Crippen molar-refractivity contribution in [1.82, 2.24) is 19.6 Å². The van der Waals surface area contributed by atoms with E-state index < -0.39 is 12.6 Å². The summed E-state index contributed by atoms with van der Waals surface area (Å²) in [4.78, 5) is 16.9. The summed E-state index contributed by atoms with van der Waals surface area (Å²) in [6.07, 6.45) is 1.98. The Morgan fingerprint density at radius 2 is 1.84 bits per heavy atom. The number of carbonyl (C=O) groups is 1. The van der Waals surface area contributed by atoms with Gasteiger partial charge in [0.1, 0.15) is 0 Å². The van der Waals surface area contributed by atoms with Gasteiger partial charge in [-0.15, -0.1) is 0 Å². The molecule has 0 aliphatic carbocycles. The standard InChI is InChI=1S/C17H25F3N4O/c1-16(23-7-2-3-8-23)4-9-22(10-5-16)15(25)14-12-21-24(13-14)11-6-17(18,19)20/h12-13H,2-11H2,1H3. The normalized spacial score (nSPS) is 21.7. The van der Waals surface area contributed by atoms with Gasteiger partial charge in [0.05, 0.1) is 18.2 Å². The highest BCUT2D eigenvalue weighted by Gasteiger charge is 2.38. The van der Waals surface area contributed by atoms with Gasteiger partial charge in [0, 0.05) is 31.4 Å². The third-order valence-electron chi connectivity index (χ3n) is 5.50. The van der Waals surface area contributed by atoms with Crippen LogP contribution in [0.3, 0.4) is 0 Å². The number of aryl methyl sites for hydroxylation is 1. The predicted molar refractivity (Wildman–Crippen MR) is 87.2 cm³/mol. The molecular weight excluding hydrogens is 333 g/mol. The van der Waals surface area contributed by atoms with Crippen LogP contribution >= 0.6 is 0 Å². The Labute approximate surface area is 145 Å². The second-order valence-electron chi connectivity index (χ2n) is 7.34. The molecule has 2 aliphatic rings. The maximum absolute atomic E-state index is 12.6. The van der Waals surface area contributed by atoms with Crippen molar-refractivity contribution in [3.63, 3.8) is 0 Å². The molecule has 3 heterocycles. The third-order valence-corrected chi connectivity index (χ3v) is 5.50. The minimum absolute atomic E-state index is 0.137. The lowest BCUT2D eigenvalue weighted by Gasteiger charge is -2.45. The number of hydrogen-bond donors (Lipinski definition) is 0. The van der Waals surface area contributed by atoms with Gasteiger partial charge in [-0.2, -0.15) is 18.3 Å². The highest BCUT2D eigenvalue weighted by atomic mass is 19.4. The van der Waals surface area contributed by atoms with E-state index in [2.05, 4.69) is 16.9 Å². The van der Waals surface area contributed by atoms with E-state index in [4.69, 9.17) is 0 Å². The van der Waals surface area contributed by atoms with Gasteiger partial charge in [0.15, 0.2) is 0 Å². The van der Waals surface area contributed by atoms with Crippen molar-refractivity contribution in [3.05, 3.63) is 18.0 Å². The van der Waals surface area contributed by atoms with Gasteiger partial charge < -0.3 is 4.90 Å². The maximum atomic E-state index is 12.6. The number of likely N-dealkylation sites (tertiary alicyclic amines) is 2. The monoisotopic (exact) mass is 358 g/mol. The SMILES string of the molecule is CC1(N2CCCC2)CCN(C(=O)c2cnn(CCC(F)(F)F)c2)CC1. The van der Waals surface area contributed by atoms with Crippen LogP contribution in [0, 0.1) is 0 Å². The van der Waals surface area contributed by atoms with Crippen LogP contribution < -0.4 is 0 Å². The molecule has 1 amide bonds. The summed E-state index contributed by atoms with van der Waals surface area (Å²) >= 11 is 0. The minimum Gasteiger partial charge on any atom is -0.338 e.